The van der Waals surface area contributed by atoms with Crippen LogP contribution < -0.4 is 11.1 Å². The van der Waals surface area contributed by atoms with Crippen LogP contribution in [0.2, 0.25) is 0 Å². The van der Waals surface area contributed by atoms with E-state index in [1.54, 1.807) is 67.3 Å². The van der Waals surface area contributed by atoms with Gasteiger partial charge in [-0.1, -0.05) is 12.1 Å². The first-order chi connectivity index (χ1) is 20.4. The smallest absolute Gasteiger partial charge is 0.338 e. The molecule has 3 aromatic rings. The average Bonchev–Trinajstić information content (AvgIpc) is 2.95. The lowest BCUT2D eigenvalue weighted by molar-refractivity contribution is -0.928. The van der Waals surface area contributed by atoms with Crippen molar-refractivity contribution in [3.8, 4) is 11.5 Å². The molecule has 5 N–H and O–H groups in total. The summed E-state index contributed by atoms with van der Waals surface area (Å²) in [6.07, 6.45) is 1.45. The number of primary amides is 1. The highest BCUT2D eigenvalue weighted by Crippen LogP contribution is 2.28. The van der Waals surface area contributed by atoms with Crippen molar-refractivity contribution in [3.63, 3.8) is 0 Å². The van der Waals surface area contributed by atoms with Gasteiger partial charge in [-0.3, -0.25) is 4.79 Å². The van der Waals surface area contributed by atoms with Gasteiger partial charge in [-0.2, -0.15) is 0 Å². The first-order valence-corrected chi connectivity index (χ1v) is 14.5. The average molecular weight is 590 g/mol. The number of esters is 1. The normalized spacial score (nSPS) is 18.9. The molecule has 0 bridgehead atoms. The molecule has 1 saturated heterocycles. The van der Waals surface area contributed by atoms with Crippen LogP contribution in [0, 0.1) is 0 Å². The molecule has 1 heterocycles. The van der Waals surface area contributed by atoms with Gasteiger partial charge in [0.2, 0.25) is 5.91 Å². The molecule has 0 saturated carbocycles. The van der Waals surface area contributed by atoms with Gasteiger partial charge in [0.05, 0.1) is 37.8 Å². The van der Waals surface area contributed by atoms with Gasteiger partial charge in [0.25, 0.3) is 0 Å². The molecule has 228 valence electrons. The first-order valence-electron chi connectivity index (χ1n) is 14.5. The fourth-order valence-corrected chi connectivity index (χ4v) is 5.73. The summed E-state index contributed by atoms with van der Waals surface area (Å²) in [6, 6.07) is 18.3. The lowest BCUT2D eigenvalue weighted by Crippen LogP contribution is -2.62. The largest absolute Gasteiger partial charge is 0.508 e. The van der Waals surface area contributed by atoms with Crippen molar-refractivity contribution in [2.75, 3.05) is 25.5 Å². The fraction of sp³-hybridized carbons (Fsp3) is 0.364. The van der Waals surface area contributed by atoms with Gasteiger partial charge < -0.3 is 35.4 Å². The van der Waals surface area contributed by atoms with Gasteiger partial charge in [-0.15, -0.1) is 0 Å². The SMILES string of the molecule is CC(C)OC(=O)c1ccc(NC(=O)N([C@@H]2CCC[N+](C)(Cc3ccc(O)cc3)C2)[C@@H](Cc2ccc(O)cc2)C(N)=O)cc1. The number of phenolic OH excluding ortho intramolecular Hbond substituents is 2. The molecule has 0 radical (unpaired) electrons. The monoisotopic (exact) mass is 589 g/mol. The Morgan fingerprint density at radius 1 is 0.953 bits per heavy atom. The fourth-order valence-electron chi connectivity index (χ4n) is 5.73. The van der Waals surface area contributed by atoms with Crippen molar-refractivity contribution in [3.05, 3.63) is 89.5 Å². The summed E-state index contributed by atoms with van der Waals surface area (Å²) in [4.78, 5) is 40.8. The Morgan fingerprint density at radius 2 is 1.53 bits per heavy atom. The number of nitrogens with one attached hydrogen (secondary N) is 1. The van der Waals surface area contributed by atoms with E-state index < -0.39 is 23.9 Å². The van der Waals surface area contributed by atoms with Crippen LogP contribution in [-0.4, -0.2) is 75.8 Å². The number of likely N-dealkylation sites (N-methyl/N-ethyl adjacent to an activating group) is 1. The Hall–Kier alpha value is -4.57. The number of nitrogens with zero attached hydrogens (tertiary/aromatic N) is 2. The van der Waals surface area contributed by atoms with E-state index in [0.29, 0.717) is 35.2 Å². The van der Waals surface area contributed by atoms with E-state index in [-0.39, 0.29) is 30.1 Å². The van der Waals surface area contributed by atoms with E-state index in [9.17, 15) is 24.6 Å². The van der Waals surface area contributed by atoms with E-state index in [1.165, 1.54) is 12.1 Å². The third-order valence-corrected chi connectivity index (χ3v) is 7.76. The molecule has 10 heteroatoms. The van der Waals surface area contributed by atoms with E-state index in [1.807, 2.05) is 12.1 Å². The number of aromatic hydroxyl groups is 2. The van der Waals surface area contributed by atoms with Crippen LogP contribution in [0.15, 0.2) is 72.8 Å². The van der Waals surface area contributed by atoms with Crippen LogP contribution in [0.4, 0.5) is 10.5 Å². The molecule has 10 nitrogen and oxygen atoms in total. The summed E-state index contributed by atoms with van der Waals surface area (Å²) >= 11 is 0. The van der Waals surface area contributed by atoms with Gasteiger partial charge in [-0.05, 0) is 92.9 Å². The van der Waals surface area contributed by atoms with Crippen LogP contribution in [0.1, 0.15) is 48.2 Å². The number of quaternary nitrogens is 1. The summed E-state index contributed by atoms with van der Waals surface area (Å²) in [7, 11) is 2.13. The quantitative estimate of drug-likeness (QED) is 0.204. The van der Waals surface area contributed by atoms with Crippen LogP contribution in [-0.2, 0) is 22.5 Å². The number of anilines is 1. The minimum absolute atomic E-state index is 0.101. The molecular weight excluding hydrogens is 548 g/mol. The Balaban J connectivity index is 1.61. The van der Waals surface area contributed by atoms with Crippen LogP contribution in [0.25, 0.3) is 0 Å². The van der Waals surface area contributed by atoms with Crippen LogP contribution in [0.3, 0.4) is 0 Å². The Labute approximate surface area is 252 Å². The molecule has 4 rings (SSSR count). The van der Waals surface area contributed by atoms with Crippen LogP contribution >= 0.6 is 0 Å². The van der Waals surface area contributed by atoms with Gasteiger partial charge in [0, 0.05) is 17.7 Å². The highest BCUT2D eigenvalue weighted by atomic mass is 16.5. The summed E-state index contributed by atoms with van der Waals surface area (Å²) in [5.74, 6) is -0.781. The molecule has 0 spiro atoms. The number of amides is 3. The summed E-state index contributed by atoms with van der Waals surface area (Å²) in [5.41, 5.74) is 8.60. The lowest BCUT2D eigenvalue weighted by Gasteiger charge is -2.46. The van der Waals surface area contributed by atoms with Crippen LogP contribution in [0.5, 0.6) is 11.5 Å². The highest BCUT2D eigenvalue weighted by molar-refractivity contribution is 5.95. The molecule has 3 aromatic carbocycles. The van der Waals surface area contributed by atoms with Gasteiger partial charge in [0.15, 0.2) is 0 Å². The van der Waals surface area contributed by atoms with Crippen molar-refractivity contribution >= 4 is 23.6 Å². The molecule has 1 fully saturated rings. The number of carbonyl (C=O) groups excluding carboxylic acids is 3. The molecule has 3 atom stereocenters. The number of piperidine rings is 1. The molecule has 0 aliphatic carbocycles. The van der Waals surface area contributed by atoms with Crippen molar-refractivity contribution in [1.29, 1.82) is 0 Å². The third-order valence-electron chi connectivity index (χ3n) is 7.76. The number of rotatable bonds is 10. The second-order valence-electron chi connectivity index (χ2n) is 11.8. The third kappa shape index (κ3) is 8.48. The summed E-state index contributed by atoms with van der Waals surface area (Å²) in [6.45, 7) is 5.72. The summed E-state index contributed by atoms with van der Waals surface area (Å²) < 4.78 is 5.88. The molecule has 1 aliphatic rings. The Bertz CT molecular complexity index is 1410. The van der Waals surface area contributed by atoms with Gasteiger partial charge in [0.1, 0.15) is 24.1 Å². The van der Waals surface area contributed by atoms with Crippen molar-refractivity contribution in [1.82, 2.24) is 4.90 Å². The number of ether oxygens (including phenoxy) is 1. The molecule has 0 aromatic heterocycles. The molecule has 43 heavy (non-hydrogen) atoms. The number of urea groups is 1. The number of benzene rings is 3. The maximum Gasteiger partial charge on any atom is 0.338 e. The van der Waals surface area contributed by atoms with Gasteiger partial charge >= 0.3 is 12.0 Å². The van der Waals surface area contributed by atoms with Gasteiger partial charge in [-0.25, -0.2) is 9.59 Å². The highest BCUT2D eigenvalue weighted by Gasteiger charge is 2.41. The number of carbonyl (C=O) groups is 3. The minimum atomic E-state index is -0.949. The number of nitrogens with two attached hydrogens (primary N) is 1. The zero-order chi connectivity index (χ0) is 31.1. The van der Waals surface area contributed by atoms with E-state index >= 15 is 0 Å². The van der Waals surface area contributed by atoms with Crippen molar-refractivity contribution in [2.24, 2.45) is 5.73 Å². The Kier molecular flexibility index (Phi) is 9.92. The second-order valence-corrected chi connectivity index (χ2v) is 11.8. The van der Waals surface area contributed by atoms with Crippen molar-refractivity contribution < 1.29 is 33.8 Å². The molecule has 1 aliphatic heterocycles. The maximum atomic E-state index is 14.0. The number of hydrogen-bond acceptors (Lipinski definition) is 6. The minimum Gasteiger partial charge on any atom is -0.508 e. The molecule has 3 amide bonds. The number of likely N-dealkylation sites (tertiary alicyclic amines) is 1. The number of phenols is 2. The van der Waals surface area contributed by atoms with E-state index in [0.717, 1.165) is 24.1 Å². The Morgan fingerprint density at radius 3 is 2.09 bits per heavy atom. The second kappa shape index (κ2) is 13.6. The predicted molar refractivity (Wildman–Crippen MR) is 163 cm³/mol. The van der Waals surface area contributed by atoms with Crippen molar-refractivity contribution in [2.45, 2.75) is 57.8 Å². The van der Waals surface area contributed by atoms with E-state index in [4.69, 9.17) is 10.5 Å². The standard InChI is InChI=1S/C33H40N4O6/c1-22(2)43-32(41)25-10-12-26(13-11-25)35-33(42)36(30(31(34)40)19-23-6-14-28(38)15-7-23)27-5-4-18-37(3,21-27)20-24-8-16-29(39)17-9-24/h6-17,22,27,30H,4-5,18-21H2,1-3H3,(H4-,34,35,38,39,40,41,42)/p+1/t27-,30+,37?/m1/s1. The molecule has 1 unspecified atom stereocenters. The lowest BCUT2D eigenvalue weighted by atomic mass is 9.96. The zero-order valence-corrected chi connectivity index (χ0v) is 24.9. The first kappa shape index (κ1) is 31.4. The zero-order valence-electron chi connectivity index (χ0n) is 24.9. The maximum absolute atomic E-state index is 14.0. The molecular formula is C33H41N4O6+. The summed E-state index contributed by atoms with van der Waals surface area (Å²) in [5, 5.41) is 22.4. The predicted octanol–water partition coefficient (Wildman–Crippen LogP) is 4.40. The number of hydrogen-bond donors (Lipinski definition) is 4. The van der Waals surface area contributed by atoms with E-state index in [2.05, 4.69) is 12.4 Å². The topological polar surface area (TPSA) is 142 Å².